The number of nitrogens with two attached hydrogens (primary N) is 1. The van der Waals surface area contributed by atoms with Gasteiger partial charge in [-0.15, -0.1) is 12.4 Å². The first-order chi connectivity index (χ1) is 7.25. The number of rotatable bonds is 1. The van der Waals surface area contributed by atoms with Crippen LogP contribution in [0.15, 0.2) is 18.5 Å². The number of anilines is 1. The van der Waals surface area contributed by atoms with E-state index in [1.54, 1.807) is 6.20 Å². The zero-order valence-electron chi connectivity index (χ0n) is 9.10. The SMILES string of the molecule is Cc1cnc2c(C3CC3)c(N)cnc2c1.Cl. The first-order valence-corrected chi connectivity index (χ1v) is 5.26. The summed E-state index contributed by atoms with van der Waals surface area (Å²) in [7, 11) is 0. The minimum atomic E-state index is 0. The van der Waals surface area contributed by atoms with Crippen LogP contribution in [0.25, 0.3) is 11.0 Å². The number of pyridine rings is 2. The van der Waals surface area contributed by atoms with E-state index in [0.717, 1.165) is 22.3 Å². The van der Waals surface area contributed by atoms with Gasteiger partial charge < -0.3 is 5.73 Å². The summed E-state index contributed by atoms with van der Waals surface area (Å²) in [6.45, 7) is 2.03. The van der Waals surface area contributed by atoms with Gasteiger partial charge in [0.05, 0.1) is 22.9 Å². The fourth-order valence-corrected chi connectivity index (χ4v) is 2.01. The molecule has 1 fully saturated rings. The second-order valence-electron chi connectivity index (χ2n) is 4.28. The second-order valence-corrected chi connectivity index (χ2v) is 4.28. The van der Waals surface area contributed by atoms with Crippen molar-refractivity contribution >= 4 is 29.1 Å². The molecule has 4 heteroatoms. The molecule has 3 nitrogen and oxygen atoms in total. The maximum absolute atomic E-state index is 5.96. The Bertz CT molecular complexity index is 535. The van der Waals surface area contributed by atoms with Gasteiger partial charge in [0.15, 0.2) is 0 Å². The van der Waals surface area contributed by atoms with E-state index in [9.17, 15) is 0 Å². The highest BCUT2D eigenvalue weighted by atomic mass is 35.5. The van der Waals surface area contributed by atoms with Gasteiger partial charge in [0.2, 0.25) is 0 Å². The lowest BCUT2D eigenvalue weighted by Crippen LogP contribution is -1.97. The van der Waals surface area contributed by atoms with Gasteiger partial charge in [-0.3, -0.25) is 9.97 Å². The van der Waals surface area contributed by atoms with Gasteiger partial charge in [0.1, 0.15) is 0 Å². The fourth-order valence-electron chi connectivity index (χ4n) is 2.01. The lowest BCUT2D eigenvalue weighted by molar-refractivity contribution is 1.12. The molecular formula is C12H14ClN3. The summed E-state index contributed by atoms with van der Waals surface area (Å²) in [6.07, 6.45) is 6.12. The van der Waals surface area contributed by atoms with E-state index in [1.807, 2.05) is 13.1 Å². The van der Waals surface area contributed by atoms with Crippen LogP contribution in [-0.2, 0) is 0 Å². The average Bonchev–Trinajstić information content (AvgIpc) is 3.02. The summed E-state index contributed by atoms with van der Waals surface area (Å²) >= 11 is 0. The maximum Gasteiger partial charge on any atom is 0.0942 e. The summed E-state index contributed by atoms with van der Waals surface area (Å²) in [4.78, 5) is 8.79. The van der Waals surface area contributed by atoms with Gasteiger partial charge in [0.25, 0.3) is 0 Å². The standard InChI is InChI=1S/C12H13N3.ClH/c1-7-4-10-12(15-5-7)11(8-2-3-8)9(13)6-14-10;/h4-6,8H,2-3,13H2,1H3;1H. The van der Waals surface area contributed by atoms with Crippen molar-refractivity contribution in [3.8, 4) is 0 Å². The molecule has 1 aliphatic rings. The summed E-state index contributed by atoms with van der Waals surface area (Å²) in [5, 5.41) is 0. The monoisotopic (exact) mass is 235 g/mol. The average molecular weight is 236 g/mol. The molecule has 2 aromatic heterocycles. The molecule has 0 saturated heterocycles. The third kappa shape index (κ3) is 1.71. The van der Waals surface area contributed by atoms with Crippen LogP contribution in [0.3, 0.4) is 0 Å². The topological polar surface area (TPSA) is 51.8 Å². The van der Waals surface area contributed by atoms with E-state index in [-0.39, 0.29) is 12.4 Å². The third-order valence-electron chi connectivity index (χ3n) is 2.90. The summed E-state index contributed by atoms with van der Waals surface area (Å²) < 4.78 is 0. The van der Waals surface area contributed by atoms with E-state index < -0.39 is 0 Å². The minimum Gasteiger partial charge on any atom is -0.397 e. The molecule has 0 amide bonds. The van der Waals surface area contributed by atoms with E-state index in [4.69, 9.17) is 5.73 Å². The van der Waals surface area contributed by atoms with Crippen LogP contribution in [0.5, 0.6) is 0 Å². The molecule has 0 atom stereocenters. The second kappa shape index (κ2) is 3.91. The number of nitrogens with zero attached hydrogens (tertiary/aromatic N) is 2. The third-order valence-corrected chi connectivity index (χ3v) is 2.90. The normalized spacial score (nSPS) is 14.8. The number of hydrogen-bond acceptors (Lipinski definition) is 3. The summed E-state index contributed by atoms with van der Waals surface area (Å²) in [6, 6.07) is 2.06. The molecule has 0 aromatic carbocycles. The predicted octanol–water partition coefficient (Wildman–Crippen LogP) is 2.82. The smallest absolute Gasteiger partial charge is 0.0942 e. The van der Waals surface area contributed by atoms with Gasteiger partial charge in [-0.05, 0) is 37.3 Å². The van der Waals surface area contributed by atoms with Crippen molar-refractivity contribution in [2.45, 2.75) is 25.7 Å². The molecular weight excluding hydrogens is 222 g/mol. The number of halogens is 1. The van der Waals surface area contributed by atoms with Crippen LogP contribution in [0.2, 0.25) is 0 Å². The lowest BCUT2D eigenvalue weighted by atomic mass is 10.1. The minimum absolute atomic E-state index is 0. The number of nitrogen functional groups attached to an aromatic ring is 1. The van der Waals surface area contributed by atoms with Gasteiger partial charge in [-0.2, -0.15) is 0 Å². The van der Waals surface area contributed by atoms with Crippen LogP contribution in [0, 0.1) is 6.92 Å². The lowest BCUT2D eigenvalue weighted by Gasteiger charge is -2.07. The molecule has 0 spiro atoms. The quantitative estimate of drug-likeness (QED) is 0.827. The Morgan fingerprint density at radius 3 is 2.69 bits per heavy atom. The Morgan fingerprint density at radius 2 is 2.00 bits per heavy atom. The van der Waals surface area contributed by atoms with Crippen LogP contribution in [0.4, 0.5) is 5.69 Å². The Hall–Kier alpha value is -1.35. The molecule has 3 rings (SSSR count). The van der Waals surface area contributed by atoms with Crippen molar-refractivity contribution < 1.29 is 0 Å². The first kappa shape index (κ1) is 11.1. The maximum atomic E-state index is 5.96. The van der Waals surface area contributed by atoms with Crippen LogP contribution in [0.1, 0.15) is 29.9 Å². The molecule has 1 aliphatic carbocycles. The van der Waals surface area contributed by atoms with Crippen molar-refractivity contribution in [1.29, 1.82) is 0 Å². The Kier molecular flexibility index (Phi) is 2.72. The van der Waals surface area contributed by atoms with Crippen molar-refractivity contribution in [3.05, 3.63) is 29.6 Å². The molecule has 0 aliphatic heterocycles. The molecule has 16 heavy (non-hydrogen) atoms. The van der Waals surface area contributed by atoms with Crippen molar-refractivity contribution in [2.75, 3.05) is 5.73 Å². The number of aromatic nitrogens is 2. The summed E-state index contributed by atoms with van der Waals surface area (Å²) in [5.41, 5.74) is 11.1. The Balaban J connectivity index is 0.000000963. The largest absolute Gasteiger partial charge is 0.397 e. The van der Waals surface area contributed by atoms with Gasteiger partial charge in [-0.1, -0.05) is 0 Å². The molecule has 2 aromatic rings. The summed E-state index contributed by atoms with van der Waals surface area (Å²) in [5.74, 6) is 0.616. The van der Waals surface area contributed by atoms with Crippen molar-refractivity contribution in [1.82, 2.24) is 9.97 Å². The van der Waals surface area contributed by atoms with E-state index in [1.165, 1.54) is 18.4 Å². The number of hydrogen-bond donors (Lipinski definition) is 1. The molecule has 0 bridgehead atoms. The fraction of sp³-hybridized carbons (Fsp3) is 0.333. The zero-order chi connectivity index (χ0) is 10.4. The predicted molar refractivity (Wildman–Crippen MR) is 67.9 cm³/mol. The van der Waals surface area contributed by atoms with Gasteiger partial charge >= 0.3 is 0 Å². The van der Waals surface area contributed by atoms with Gasteiger partial charge in [-0.25, -0.2) is 0 Å². The number of aryl methyl sites for hydroxylation is 1. The van der Waals surface area contributed by atoms with Crippen LogP contribution >= 0.6 is 12.4 Å². The number of fused-ring (bicyclic) bond motifs is 1. The van der Waals surface area contributed by atoms with E-state index in [0.29, 0.717) is 5.92 Å². The molecule has 2 N–H and O–H groups in total. The Morgan fingerprint density at radius 1 is 1.25 bits per heavy atom. The van der Waals surface area contributed by atoms with Gasteiger partial charge in [0, 0.05) is 11.8 Å². The van der Waals surface area contributed by atoms with Crippen LogP contribution < -0.4 is 5.73 Å². The molecule has 1 saturated carbocycles. The molecule has 0 radical (unpaired) electrons. The molecule has 84 valence electrons. The first-order valence-electron chi connectivity index (χ1n) is 5.26. The highest BCUT2D eigenvalue weighted by molar-refractivity contribution is 5.85. The van der Waals surface area contributed by atoms with Crippen molar-refractivity contribution in [3.63, 3.8) is 0 Å². The highest BCUT2D eigenvalue weighted by Gasteiger charge is 2.28. The van der Waals surface area contributed by atoms with E-state index in [2.05, 4.69) is 16.0 Å². The van der Waals surface area contributed by atoms with Crippen LogP contribution in [-0.4, -0.2) is 9.97 Å². The zero-order valence-corrected chi connectivity index (χ0v) is 9.92. The highest BCUT2D eigenvalue weighted by Crippen LogP contribution is 2.44. The van der Waals surface area contributed by atoms with Crippen molar-refractivity contribution in [2.24, 2.45) is 0 Å². The molecule has 2 heterocycles. The van der Waals surface area contributed by atoms with E-state index >= 15 is 0 Å². The molecule has 0 unspecified atom stereocenters. The Labute approximate surface area is 100 Å².